The number of aliphatic carboxylic acids is 2. The molecule has 149 heavy (non-hydrogen) atoms. The number of amides is 15. The zero-order valence-electron chi connectivity index (χ0n) is 84.8. The first-order valence-corrected chi connectivity index (χ1v) is 51.2. The number of tetrazole rings is 1. The van der Waals surface area contributed by atoms with Crippen LogP contribution in [0.1, 0.15) is 230 Å². The van der Waals surface area contributed by atoms with E-state index in [0.29, 0.717) is 35.3 Å². The highest BCUT2D eigenvalue weighted by Gasteiger charge is 2.45. The molecule has 3 aliphatic rings. The van der Waals surface area contributed by atoms with Crippen LogP contribution in [0.15, 0.2) is 77.6 Å². The summed E-state index contributed by atoms with van der Waals surface area (Å²) in [5.41, 5.74) is 13.1. The minimum atomic E-state index is -2.05. The molecule has 0 saturated carbocycles. The van der Waals surface area contributed by atoms with Crippen LogP contribution in [0, 0.1) is 5.41 Å². The molecule has 0 spiro atoms. The van der Waals surface area contributed by atoms with Gasteiger partial charge >= 0.3 is 11.9 Å². The Hall–Kier alpha value is -14.1. The summed E-state index contributed by atoms with van der Waals surface area (Å²) in [4.78, 5) is 275. The average molecular weight is 2090 g/mol. The number of aromatic amines is 2. The number of para-hydroxylation sites is 1. The second-order valence-electron chi connectivity index (χ2n) is 37.3. The standard InChI is InChI=1S/C99H149N25O25/c1-3-4-33-71(89(138)114-74-40-39-66(127)31-20-17-21-34-69(62(2)126)110-93(142)76(50-64-53-106-70-35-25-24-32-68(64)70)115-90(139)72(36-27-44-105-99(101)102)111-92(141)75(49-63-28-18-16-19-29-63)117-97(146)80-52-67(128)56-124(80)98(74)147)112-95(144)78(54-107-85(132)57-123(58-87(134)135)59-88(136)137)118-94(143)77(51-65-30-26-43-103-65)116-91(140)73(41-42-81(100)129)113-96(145)79(60-125)109-84(131)55-108-86(133)61-149-48-47-148-46-45-104-83(130)38-23-15-13-11-9-7-5-6-8-10-12-14-22-37-82-119-121-122-120-82/h16,18-19,24-25,28-30,32,35,43,53,67,69,71-80,106,125,128H,3-15,17,20-23,26-27,31,33-34,36-42,44-52,54-61H2,1-2H3,(H2,100,129)(H,104,130)(H,107,132)(H,108,133)(H,109,131)(H,110,142)(H,111,141)(H,112,144)(H,113,145)(H,114,138)(H,115,139)(H,116,140)(H,117,146)(H,118,143)(H,134,135)(H,136,137)(H4,101,102,105)(H,119,120,121,122)/t67-,69+,71+,72+,73+,74+,75-,76+,77+,78+,79+,80+/m1/s1. The average Bonchev–Trinajstić information content (AvgIpc) is 1.69. The number of aliphatic hydroxyl groups is 2. The van der Waals surface area contributed by atoms with E-state index in [4.69, 9.17) is 26.4 Å². The van der Waals surface area contributed by atoms with Gasteiger partial charge in [0.1, 0.15) is 78.6 Å². The molecular formula is C99H149N25O25. The normalized spacial score (nSPS) is 18.5. The number of primary amides is 1. The summed E-state index contributed by atoms with van der Waals surface area (Å²) >= 11 is 0. The summed E-state index contributed by atoms with van der Waals surface area (Å²) in [7, 11) is 0. The summed E-state index contributed by atoms with van der Waals surface area (Å²) in [5.74, 6) is -18.2. The molecule has 2 saturated heterocycles. The highest BCUT2D eigenvalue weighted by atomic mass is 16.5. The molecule has 25 N–H and O–H groups in total. The van der Waals surface area contributed by atoms with E-state index in [2.05, 4.69) is 105 Å². The predicted molar refractivity (Wildman–Crippen MR) is 540 cm³/mol. The van der Waals surface area contributed by atoms with Crippen LogP contribution in [0.5, 0.6) is 0 Å². The molecule has 15 amide bonds. The number of nitrogens with zero attached hydrogens (tertiary/aromatic N) is 6. The zero-order valence-corrected chi connectivity index (χ0v) is 84.8. The lowest BCUT2D eigenvalue weighted by Crippen LogP contribution is -2.62. The van der Waals surface area contributed by atoms with Gasteiger partial charge in [0.2, 0.25) is 88.6 Å². The summed E-state index contributed by atoms with van der Waals surface area (Å²) < 4.78 is 10.9. The van der Waals surface area contributed by atoms with E-state index in [9.17, 15) is 82.8 Å². The number of aliphatic hydroxyl groups excluding tert-OH is 2. The molecule has 0 radical (unpaired) electrons. The second kappa shape index (κ2) is 67.7. The van der Waals surface area contributed by atoms with Gasteiger partial charge in [0, 0.05) is 119 Å². The van der Waals surface area contributed by atoms with Crippen LogP contribution in [-0.2, 0) is 120 Å². The molecule has 2 aromatic heterocycles. The number of nitrogens with two attached hydrogens (primary N) is 2. The number of carboxylic acid groups (broad SMARTS) is 2. The molecule has 12 atom stereocenters. The third-order valence-electron chi connectivity index (χ3n) is 25.1. The Morgan fingerprint density at radius 1 is 0.584 bits per heavy atom. The fourth-order valence-electron chi connectivity index (χ4n) is 17.1. The Labute approximate surface area is 863 Å². The molecule has 0 bridgehead atoms. The van der Waals surface area contributed by atoms with Gasteiger partial charge < -0.3 is 126 Å². The number of aryl methyl sites for hydroxylation is 1. The molecule has 820 valence electrons. The number of carboxylic acids is 2. The van der Waals surface area contributed by atoms with Crippen molar-refractivity contribution in [3.8, 4) is 0 Å². The second-order valence-corrected chi connectivity index (χ2v) is 37.3. The number of aromatic nitrogens is 5. The van der Waals surface area contributed by atoms with E-state index in [1.54, 1.807) is 61.7 Å². The van der Waals surface area contributed by atoms with E-state index >= 15 is 28.8 Å². The first-order chi connectivity index (χ1) is 71.6. The van der Waals surface area contributed by atoms with Crippen molar-refractivity contribution in [3.63, 3.8) is 0 Å². The number of nitrogens with one attached hydrogen (secondary N) is 17. The molecule has 0 unspecified atom stereocenters. The minimum Gasteiger partial charge on any atom is -0.480 e. The quantitative estimate of drug-likeness (QED) is 0.0132. The Bertz CT molecular complexity index is 5110. The molecule has 50 heteroatoms. The lowest BCUT2D eigenvalue weighted by Gasteiger charge is -2.31. The smallest absolute Gasteiger partial charge is 0.317 e. The fourth-order valence-corrected chi connectivity index (χ4v) is 17.1. The number of aliphatic imine (C=N–C) groups is 1. The highest BCUT2D eigenvalue weighted by molar-refractivity contribution is 6.01. The van der Waals surface area contributed by atoms with E-state index in [1.165, 1.54) is 64.5 Å². The van der Waals surface area contributed by atoms with Crippen molar-refractivity contribution in [3.05, 3.63) is 89.5 Å². The van der Waals surface area contributed by atoms with Crippen LogP contribution in [0.25, 0.3) is 10.9 Å². The molecule has 4 aromatic rings. The number of allylic oxidation sites excluding steroid dienone is 1. The zero-order chi connectivity index (χ0) is 108. The number of hydrogen-bond donors (Lipinski definition) is 23. The summed E-state index contributed by atoms with van der Waals surface area (Å²) in [6.45, 7) is -3.33. The maximum atomic E-state index is 15.6. The van der Waals surface area contributed by atoms with Gasteiger partial charge in [-0.05, 0) is 92.3 Å². The Balaban J connectivity index is 1.03. The van der Waals surface area contributed by atoms with Gasteiger partial charge in [0.05, 0.1) is 64.8 Å². The monoisotopic (exact) mass is 2090 g/mol. The number of carbonyl (C=O) groups excluding carboxylic acids is 17. The fraction of sp³-hybridized carbons (Fsp3) is 0.616. The number of carbonyl (C=O) groups is 19. The number of guanidine groups is 1. The molecule has 7 rings (SSSR count). The van der Waals surface area contributed by atoms with E-state index < -0.39 is 276 Å². The summed E-state index contributed by atoms with van der Waals surface area (Å²) in [6.07, 6.45) is 16.9. The third kappa shape index (κ3) is 47.3. The number of ketones is 2. The topological polar surface area (TPSA) is 757 Å². The van der Waals surface area contributed by atoms with Gasteiger partial charge in [0.15, 0.2) is 11.7 Å². The van der Waals surface area contributed by atoms with Crippen molar-refractivity contribution in [2.45, 2.75) is 305 Å². The van der Waals surface area contributed by atoms with Crippen LogP contribution in [-0.4, -0.2) is 338 Å². The molecular weight excluding hydrogens is 1940 g/mol. The Kier molecular flexibility index (Phi) is 55.3. The van der Waals surface area contributed by atoms with Crippen molar-refractivity contribution < 1.29 is 121 Å². The van der Waals surface area contributed by atoms with Crippen molar-refractivity contribution >= 4 is 135 Å². The number of rotatable bonds is 63. The van der Waals surface area contributed by atoms with Gasteiger partial charge in [-0.15, -0.1) is 5.10 Å². The summed E-state index contributed by atoms with van der Waals surface area (Å²) in [5, 5.41) is 99.4. The SMILES string of the molecule is CCCC[C@H](NC(=O)[C@H](CNC(=O)CN(CC(=O)O)CC(=O)O)NC(=O)[C@H](CC1=CCC=N1)NC(=O)[C@H](CCC(N)=O)NC(=O)[C@H](CO)NC(=O)CNC(=O)COCCOCCNC(=O)CCCCCCCCCCCCCCCc1nnn[nH]1)C(=O)N[C@H]1CCC(=O)CCCCC[C@@H](C(C)=O)NC(=O)[C@H](Cc2c[nH]c3ccccc23)NC(=O)[C@H](CCCNC(=N)N)NC(=O)[C@@H](Cc2ccccc2)NC(=O)[C@@H]2C[C@@H](O)CN2C1=O. The minimum absolute atomic E-state index is 0.0343. The van der Waals surface area contributed by atoms with E-state index in [1.807, 2.05) is 12.1 Å². The summed E-state index contributed by atoms with van der Waals surface area (Å²) in [6, 6.07) is -2.69. The number of fused-ring (bicyclic) bond motifs is 2. The van der Waals surface area contributed by atoms with Crippen molar-refractivity contribution in [1.82, 2.24) is 110 Å². The van der Waals surface area contributed by atoms with Crippen LogP contribution in [0.3, 0.4) is 0 Å². The maximum Gasteiger partial charge on any atom is 0.317 e. The largest absolute Gasteiger partial charge is 0.480 e. The Morgan fingerprint density at radius 3 is 1.86 bits per heavy atom. The first-order valence-electron chi connectivity index (χ1n) is 51.2. The van der Waals surface area contributed by atoms with Gasteiger partial charge in [-0.2, -0.15) is 0 Å². The molecule has 2 fully saturated rings. The highest BCUT2D eigenvalue weighted by Crippen LogP contribution is 2.25. The molecule has 0 aliphatic carbocycles. The predicted octanol–water partition coefficient (Wildman–Crippen LogP) is -1.80. The third-order valence-corrected chi connectivity index (χ3v) is 25.1. The molecule has 50 nitrogen and oxygen atoms in total. The van der Waals surface area contributed by atoms with E-state index in [0.717, 1.165) is 60.2 Å². The number of hydrogen-bond acceptors (Lipinski definition) is 29. The van der Waals surface area contributed by atoms with E-state index in [-0.39, 0.29) is 115 Å². The number of ether oxygens (including phenoxy) is 2. The van der Waals surface area contributed by atoms with Crippen LogP contribution in [0.4, 0.5) is 0 Å². The number of unbranched alkanes of at least 4 members (excludes halogenated alkanes) is 13. The van der Waals surface area contributed by atoms with Crippen LogP contribution < -0.4 is 85.9 Å². The lowest BCUT2D eigenvalue weighted by molar-refractivity contribution is -0.143. The van der Waals surface area contributed by atoms with Crippen LogP contribution >= 0.6 is 0 Å². The van der Waals surface area contributed by atoms with Gasteiger partial charge in [-0.25, -0.2) is 5.10 Å². The molecule has 5 heterocycles. The number of benzene rings is 2. The first kappa shape index (κ1) is 122. The Morgan fingerprint density at radius 2 is 1.20 bits per heavy atom. The molecule has 3 aliphatic heterocycles. The van der Waals surface area contributed by atoms with Gasteiger partial charge in [0.25, 0.3) is 0 Å². The lowest BCUT2D eigenvalue weighted by atomic mass is 9.99. The number of Topliss-reactive ketones (excluding diaryl/α,β-unsaturated/α-hetero) is 2. The van der Waals surface area contributed by atoms with Gasteiger partial charge in [-0.3, -0.25) is 106 Å². The van der Waals surface area contributed by atoms with Crippen molar-refractivity contribution in [1.29, 1.82) is 5.41 Å². The van der Waals surface area contributed by atoms with Gasteiger partial charge in [-0.1, -0.05) is 158 Å². The van der Waals surface area contributed by atoms with Crippen molar-refractivity contribution in [2.75, 3.05) is 85.4 Å². The number of H-pyrrole nitrogens is 2. The molecule has 2 aromatic carbocycles. The van der Waals surface area contributed by atoms with Crippen molar-refractivity contribution in [2.24, 2.45) is 16.5 Å². The van der Waals surface area contributed by atoms with Crippen LogP contribution in [0.2, 0.25) is 0 Å². The maximum absolute atomic E-state index is 15.6.